The second kappa shape index (κ2) is 8.63. The Balaban J connectivity index is 1.33. The number of ether oxygens (including phenoxy) is 1. The van der Waals surface area contributed by atoms with Crippen LogP contribution in [0.1, 0.15) is 11.1 Å². The maximum Gasteiger partial charge on any atom is 0.416 e. The molecule has 164 valence electrons. The van der Waals surface area contributed by atoms with Gasteiger partial charge in [-0.05, 0) is 11.6 Å². The molecule has 1 aliphatic heterocycles. The number of halogens is 3. The van der Waals surface area contributed by atoms with Crippen molar-refractivity contribution in [3.8, 4) is 5.88 Å². The summed E-state index contributed by atoms with van der Waals surface area (Å²) in [6.07, 6.45) is -2.99. The number of anilines is 1. The molecular formula is C19H19F3N6O2S. The van der Waals surface area contributed by atoms with E-state index in [1.807, 2.05) is 4.90 Å². The van der Waals surface area contributed by atoms with E-state index in [1.165, 1.54) is 36.9 Å². The Hall–Kier alpha value is -2.99. The number of urea groups is 1. The summed E-state index contributed by atoms with van der Waals surface area (Å²) in [7, 11) is 1.48. The Bertz CT molecular complexity index is 1080. The van der Waals surface area contributed by atoms with Gasteiger partial charge < -0.3 is 9.64 Å². The molecule has 1 aromatic carbocycles. The first-order chi connectivity index (χ1) is 14.8. The minimum atomic E-state index is -4.36. The number of alkyl halides is 3. The van der Waals surface area contributed by atoms with Gasteiger partial charge in [-0.15, -0.1) is 0 Å². The summed E-state index contributed by atoms with van der Waals surface area (Å²) < 4.78 is 43.8. The van der Waals surface area contributed by atoms with Crippen LogP contribution in [0.4, 0.5) is 23.1 Å². The van der Waals surface area contributed by atoms with Gasteiger partial charge in [0.05, 0.1) is 12.7 Å². The molecule has 12 heteroatoms. The zero-order valence-electron chi connectivity index (χ0n) is 16.5. The molecule has 3 heterocycles. The highest BCUT2D eigenvalue weighted by atomic mass is 32.1. The van der Waals surface area contributed by atoms with Crippen molar-refractivity contribution >= 4 is 32.8 Å². The highest BCUT2D eigenvalue weighted by molar-refractivity contribution is 7.22. The molecule has 0 saturated carbocycles. The van der Waals surface area contributed by atoms with Crippen LogP contribution in [0.5, 0.6) is 5.88 Å². The molecule has 8 nitrogen and oxygen atoms in total. The molecule has 31 heavy (non-hydrogen) atoms. The number of nitrogens with one attached hydrogen (secondary N) is 1. The number of fused-ring (bicyclic) bond motifs is 1. The Morgan fingerprint density at radius 3 is 2.71 bits per heavy atom. The van der Waals surface area contributed by atoms with Crippen molar-refractivity contribution in [3.63, 3.8) is 0 Å². The standard InChI is InChI=1S/C19H19F3N6O2S/c1-30-15-14-16(24-11-23-15)31-17(25-14)26-18(29)28-7-5-27(6-8-28)10-12-3-2-4-13(9-12)19(20,21)22/h2-4,9,11H,5-8,10H2,1H3,(H,25,26,29). The predicted molar refractivity (Wildman–Crippen MR) is 109 cm³/mol. The van der Waals surface area contributed by atoms with Crippen LogP contribution in [0.15, 0.2) is 30.6 Å². The Kier molecular flexibility index (Phi) is 5.92. The average molecular weight is 452 g/mol. The number of carbonyl (C=O) groups is 1. The second-order valence-corrected chi connectivity index (χ2v) is 7.92. The Labute approximate surface area is 179 Å². The number of benzene rings is 1. The third kappa shape index (κ3) is 4.85. The zero-order valence-corrected chi connectivity index (χ0v) is 17.3. The third-order valence-electron chi connectivity index (χ3n) is 4.89. The van der Waals surface area contributed by atoms with Crippen molar-refractivity contribution in [2.45, 2.75) is 12.7 Å². The van der Waals surface area contributed by atoms with E-state index in [0.29, 0.717) is 59.6 Å². The molecule has 1 saturated heterocycles. The van der Waals surface area contributed by atoms with Gasteiger partial charge in [-0.2, -0.15) is 18.2 Å². The van der Waals surface area contributed by atoms with E-state index in [0.717, 1.165) is 6.07 Å². The first-order valence-corrected chi connectivity index (χ1v) is 10.2. The molecule has 1 fully saturated rings. The van der Waals surface area contributed by atoms with Crippen LogP contribution in [-0.2, 0) is 12.7 Å². The van der Waals surface area contributed by atoms with Crippen LogP contribution in [0.25, 0.3) is 10.3 Å². The fourth-order valence-corrected chi connectivity index (χ4v) is 4.11. The monoisotopic (exact) mass is 452 g/mol. The largest absolute Gasteiger partial charge is 0.479 e. The molecule has 0 aliphatic carbocycles. The van der Waals surface area contributed by atoms with Gasteiger partial charge in [-0.25, -0.2) is 14.8 Å². The lowest BCUT2D eigenvalue weighted by Gasteiger charge is -2.34. The number of hydrogen-bond acceptors (Lipinski definition) is 7. The number of carbonyl (C=O) groups excluding carboxylic acids is 1. The molecule has 2 amide bonds. The minimum Gasteiger partial charge on any atom is -0.479 e. The quantitative estimate of drug-likeness (QED) is 0.653. The molecule has 1 aliphatic rings. The van der Waals surface area contributed by atoms with Crippen molar-refractivity contribution < 1.29 is 22.7 Å². The second-order valence-electron chi connectivity index (χ2n) is 6.95. The number of piperazine rings is 1. The van der Waals surface area contributed by atoms with Crippen molar-refractivity contribution in [2.75, 3.05) is 38.6 Å². The number of aromatic nitrogens is 3. The van der Waals surface area contributed by atoms with Crippen LogP contribution in [0.3, 0.4) is 0 Å². The van der Waals surface area contributed by atoms with Crippen LogP contribution in [0.2, 0.25) is 0 Å². The van der Waals surface area contributed by atoms with Gasteiger partial charge in [-0.1, -0.05) is 29.5 Å². The number of nitrogens with zero attached hydrogens (tertiary/aromatic N) is 5. The van der Waals surface area contributed by atoms with E-state index < -0.39 is 11.7 Å². The fraction of sp³-hybridized carbons (Fsp3) is 0.368. The smallest absolute Gasteiger partial charge is 0.416 e. The summed E-state index contributed by atoms with van der Waals surface area (Å²) in [4.78, 5) is 29.3. The van der Waals surface area contributed by atoms with Gasteiger partial charge in [0.2, 0.25) is 5.88 Å². The zero-order chi connectivity index (χ0) is 22.0. The molecule has 3 aromatic rings. The Morgan fingerprint density at radius 2 is 2.00 bits per heavy atom. The maximum absolute atomic E-state index is 12.9. The van der Waals surface area contributed by atoms with Gasteiger partial charge in [-0.3, -0.25) is 10.2 Å². The minimum absolute atomic E-state index is 0.287. The van der Waals surface area contributed by atoms with Gasteiger partial charge >= 0.3 is 12.2 Å². The SMILES string of the molecule is COc1ncnc2sc(NC(=O)N3CCN(Cc4cccc(C(F)(F)F)c4)CC3)nc12. The van der Waals surface area contributed by atoms with Crippen LogP contribution in [-0.4, -0.2) is 64.1 Å². The normalized spacial score (nSPS) is 15.3. The third-order valence-corrected chi connectivity index (χ3v) is 5.77. The van der Waals surface area contributed by atoms with Gasteiger partial charge in [0.1, 0.15) is 6.33 Å². The molecule has 0 bridgehead atoms. The highest BCUT2D eigenvalue weighted by Crippen LogP contribution is 2.30. The number of methoxy groups -OCH3 is 1. The summed E-state index contributed by atoms with van der Waals surface area (Å²) in [5, 5.41) is 3.16. The van der Waals surface area contributed by atoms with Crippen molar-refractivity contribution in [1.29, 1.82) is 0 Å². The average Bonchev–Trinajstić information content (AvgIpc) is 3.16. The van der Waals surface area contributed by atoms with Gasteiger partial charge in [0.25, 0.3) is 0 Å². The summed E-state index contributed by atoms with van der Waals surface area (Å²) in [5.74, 6) is 0.338. The topological polar surface area (TPSA) is 83.5 Å². The maximum atomic E-state index is 12.9. The van der Waals surface area contributed by atoms with E-state index in [4.69, 9.17) is 4.74 Å². The summed E-state index contributed by atoms with van der Waals surface area (Å²) in [6, 6.07) is 5.04. The highest BCUT2D eigenvalue weighted by Gasteiger charge is 2.30. The van der Waals surface area contributed by atoms with E-state index >= 15 is 0 Å². The van der Waals surface area contributed by atoms with E-state index in [9.17, 15) is 18.0 Å². The number of thiazole rings is 1. The van der Waals surface area contributed by atoms with Crippen LogP contribution in [0, 0.1) is 0 Å². The van der Waals surface area contributed by atoms with Crippen LogP contribution < -0.4 is 10.1 Å². The first-order valence-electron chi connectivity index (χ1n) is 9.43. The van der Waals surface area contributed by atoms with Crippen LogP contribution >= 0.6 is 11.3 Å². The van der Waals surface area contributed by atoms with E-state index in [-0.39, 0.29) is 6.03 Å². The lowest BCUT2D eigenvalue weighted by molar-refractivity contribution is -0.137. The molecule has 0 radical (unpaired) electrons. The van der Waals surface area contributed by atoms with Gasteiger partial charge in [0.15, 0.2) is 15.5 Å². The first kappa shape index (κ1) is 21.2. The molecule has 0 atom stereocenters. The van der Waals surface area contributed by atoms with Crippen molar-refractivity contribution in [1.82, 2.24) is 24.8 Å². The molecule has 1 N–H and O–H groups in total. The fourth-order valence-electron chi connectivity index (χ4n) is 3.32. The summed E-state index contributed by atoms with van der Waals surface area (Å²) >= 11 is 1.22. The summed E-state index contributed by atoms with van der Waals surface area (Å²) in [5.41, 5.74) is 0.425. The van der Waals surface area contributed by atoms with Crippen molar-refractivity contribution in [3.05, 3.63) is 41.7 Å². The number of amides is 2. The number of hydrogen-bond donors (Lipinski definition) is 1. The number of rotatable bonds is 4. The molecule has 4 rings (SSSR count). The summed E-state index contributed by atoms with van der Waals surface area (Å²) in [6.45, 7) is 2.43. The molecule has 0 spiro atoms. The lowest BCUT2D eigenvalue weighted by Crippen LogP contribution is -2.49. The van der Waals surface area contributed by atoms with E-state index in [2.05, 4.69) is 20.3 Å². The van der Waals surface area contributed by atoms with Gasteiger partial charge in [0, 0.05) is 32.7 Å². The van der Waals surface area contributed by atoms with Crippen molar-refractivity contribution in [2.24, 2.45) is 0 Å². The predicted octanol–water partition coefficient (Wildman–Crippen LogP) is 3.46. The van der Waals surface area contributed by atoms with E-state index in [1.54, 1.807) is 11.0 Å². The molecular weight excluding hydrogens is 433 g/mol. The molecule has 0 unspecified atom stereocenters. The lowest BCUT2D eigenvalue weighted by atomic mass is 10.1. The molecule has 2 aromatic heterocycles. The Morgan fingerprint density at radius 1 is 1.23 bits per heavy atom.